The molecule has 0 saturated carbocycles. The molecule has 0 fully saturated rings. The minimum absolute atomic E-state index is 0.233. The summed E-state index contributed by atoms with van der Waals surface area (Å²) in [7, 11) is 0. The van der Waals surface area contributed by atoms with Gasteiger partial charge in [-0.05, 0) is 6.92 Å². The first-order valence-corrected chi connectivity index (χ1v) is 4.93. The fraction of sp³-hybridized carbons (Fsp3) is 0.625. The number of aromatic nitrogens is 1. The number of aliphatic hydroxyl groups excluding tert-OH is 1. The maximum atomic E-state index is 9.43. The minimum atomic E-state index is -1.04. The second kappa shape index (κ2) is 4.66. The molecule has 4 nitrogen and oxygen atoms in total. The van der Waals surface area contributed by atoms with Crippen LogP contribution in [0, 0.1) is 0 Å². The third-order valence-corrected chi connectivity index (χ3v) is 2.41. The normalized spacial score (nSPS) is 15.6. The highest BCUT2D eigenvalue weighted by Crippen LogP contribution is 2.05. The second-order valence-corrected chi connectivity index (χ2v) is 4.20. The van der Waals surface area contributed by atoms with Crippen molar-refractivity contribution >= 4 is 11.3 Å². The van der Waals surface area contributed by atoms with Gasteiger partial charge in [-0.2, -0.15) is 0 Å². The fourth-order valence-corrected chi connectivity index (χ4v) is 1.40. The summed E-state index contributed by atoms with van der Waals surface area (Å²) in [6.07, 6.45) is 1.78. The molecule has 1 atom stereocenters. The van der Waals surface area contributed by atoms with Gasteiger partial charge in [0, 0.05) is 24.2 Å². The van der Waals surface area contributed by atoms with Crippen molar-refractivity contribution in [2.24, 2.45) is 0 Å². The SMILES string of the molecule is CC(O)(CO)CNCc1cncs1. The van der Waals surface area contributed by atoms with Crippen molar-refractivity contribution in [1.82, 2.24) is 10.3 Å². The van der Waals surface area contributed by atoms with Crippen molar-refractivity contribution in [3.05, 3.63) is 16.6 Å². The van der Waals surface area contributed by atoms with Gasteiger partial charge in [0.25, 0.3) is 0 Å². The first-order chi connectivity index (χ1) is 6.14. The molecular weight excluding hydrogens is 188 g/mol. The molecule has 0 aromatic carbocycles. The van der Waals surface area contributed by atoms with Gasteiger partial charge in [-0.15, -0.1) is 11.3 Å². The Morgan fingerprint density at radius 3 is 3.00 bits per heavy atom. The third kappa shape index (κ3) is 3.82. The number of hydrogen-bond donors (Lipinski definition) is 3. The van der Waals surface area contributed by atoms with Gasteiger partial charge in [0.2, 0.25) is 0 Å². The number of aliphatic hydroxyl groups is 2. The summed E-state index contributed by atoms with van der Waals surface area (Å²) in [6, 6.07) is 0. The lowest BCUT2D eigenvalue weighted by molar-refractivity contribution is 0.00258. The zero-order valence-electron chi connectivity index (χ0n) is 7.53. The van der Waals surface area contributed by atoms with Gasteiger partial charge in [0.15, 0.2) is 0 Å². The van der Waals surface area contributed by atoms with E-state index in [2.05, 4.69) is 10.3 Å². The summed E-state index contributed by atoms with van der Waals surface area (Å²) in [6.45, 7) is 2.41. The van der Waals surface area contributed by atoms with Gasteiger partial charge < -0.3 is 15.5 Å². The summed E-state index contributed by atoms with van der Waals surface area (Å²) in [5.74, 6) is 0. The molecule has 0 amide bonds. The summed E-state index contributed by atoms with van der Waals surface area (Å²) in [5.41, 5.74) is 0.728. The van der Waals surface area contributed by atoms with Crippen LogP contribution < -0.4 is 5.32 Å². The van der Waals surface area contributed by atoms with Crippen molar-refractivity contribution in [2.45, 2.75) is 19.1 Å². The highest BCUT2D eigenvalue weighted by atomic mass is 32.1. The molecule has 0 aliphatic rings. The van der Waals surface area contributed by atoms with Crippen molar-refractivity contribution < 1.29 is 10.2 Å². The Labute approximate surface area is 81.3 Å². The van der Waals surface area contributed by atoms with Crippen LogP contribution in [0.3, 0.4) is 0 Å². The first-order valence-electron chi connectivity index (χ1n) is 4.05. The lowest BCUT2D eigenvalue weighted by atomic mass is 10.1. The maximum absolute atomic E-state index is 9.43. The van der Waals surface area contributed by atoms with Crippen molar-refractivity contribution in [3.8, 4) is 0 Å². The lowest BCUT2D eigenvalue weighted by Crippen LogP contribution is -2.40. The topological polar surface area (TPSA) is 65.4 Å². The number of hydrogen-bond acceptors (Lipinski definition) is 5. The van der Waals surface area contributed by atoms with E-state index in [4.69, 9.17) is 5.11 Å². The zero-order chi connectivity index (χ0) is 9.73. The summed E-state index contributed by atoms with van der Waals surface area (Å²) < 4.78 is 0. The predicted octanol–water partition coefficient (Wildman–Crippen LogP) is -0.0240. The van der Waals surface area contributed by atoms with Gasteiger partial charge in [-0.1, -0.05) is 0 Å². The third-order valence-electron chi connectivity index (χ3n) is 1.63. The van der Waals surface area contributed by atoms with E-state index < -0.39 is 5.60 Å². The molecule has 1 aromatic heterocycles. The quantitative estimate of drug-likeness (QED) is 0.627. The molecule has 0 radical (unpaired) electrons. The summed E-state index contributed by atoms with van der Waals surface area (Å²) in [4.78, 5) is 5.04. The van der Waals surface area contributed by atoms with Crippen LogP contribution in [0.15, 0.2) is 11.7 Å². The predicted molar refractivity (Wildman–Crippen MR) is 51.5 cm³/mol. The van der Waals surface area contributed by atoms with E-state index in [0.29, 0.717) is 13.1 Å². The monoisotopic (exact) mass is 202 g/mol. The zero-order valence-corrected chi connectivity index (χ0v) is 8.34. The van der Waals surface area contributed by atoms with Crippen molar-refractivity contribution in [1.29, 1.82) is 0 Å². The molecule has 3 N–H and O–H groups in total. The molecule has 1 aromatic rings. The molecule has 1 heterocycles. The molecule has 5 heteroatoms. The van der Waals surface area contributed by atoms with Gasteiger partial charge in [0.05, 0.1) is 17.7 Å². The molecule has 74 valence electrons. The molecule has 0 aliphatic carbocycles. The Kier molecular flexibility index (Phi) is 3.80. The molecule has 13 heavy (non-hydrogen) atoms. The van der Waals surface area contributed by atoms with E-state index in [1.807, 2.05) is 0 Å². The van der Waals surface area contributed by atoms with E-state index in [1.165, 1.54) is 0 Å². The van der Waals surface area contributed by atoms with Gasteiger partial charge in [-0.25, -0.2) is 0 Å². The van der Waals surface area contributed by atoms with Crippen molar-refractivity contribution in [3.63, 3.8) is 0 Å². The van der Waals surface area contributed by atoms with Crippen LogP contribution in [0.1, 0.15) is 11.8 Å². The van der Waals surface area contributed by atoms with E-state index in [0.717, 1.165) is 4.88 Å². The molecular formula is C8H14N2O2S. The van der Waals surface area contributed by atoms with Crippen LogP contribution in [0.5, 0.6) is 0 Å². The van der Waals surface area contributed by atoms with E-state index >= 15 is 0 Å². The van der Waals surface area contributed by atoms with E-state index in [-0.39, 0.29) is 6.61 Å². The lowest BCUT2D eigenvalue weighted by Gasteiger charge is -2.20. The highest BCUT2D eigenvalue weighted by Gasteiger charge is 2.17. The number of thiazole rings is 1. The van der Waals surface area contributed by atoms with Crippen LogP contribution in [-0.2, 0) is 6.54 Å². The standard InChI is InChI=1S/C8H14N2O2S/c1-8(12,5-11)4-9-2-7-3-10-6-13-7/h3,6,9,11-12H,2,4-5H2,1H3. The van der Waals surface area contributed by atoms with Crippen LogP contribution in [0.4, 0.5) is 0 Å². The van der Waals surface area contributed by atoms with Crippen LogP contribution in [0.25, 0.3) is 0 Å². The van der Waals surface area contributed by atoms with E-state index in [9.17, 15) is 5.11 Å². The molecule has 0 bridgehead atoms. The van der Waals surface area contributed by atoms with Crippen molar-refractivity contribution in [2.75, 3.05) is 13.2 Å². The molecule has 0 aliphatic heterocycles. The Balaban J connectivity index is 2.21. The maximum Gasteiger partial charge on any atom is 0.0972 e. The highest BCUT2D eigenvalue weighted by molar-refractivity contribution is 7.09. The van der Waals surface area contributed by atoms with Gasteiger partial charge in [0.1, 0.15) is 0 Å². The first kappa shape index (κ1) is 10.6. The number of nitrogens with zero attached hydrogens (tertiary/aromatic N) is 1. The average Bonchev–Trinajstić information content (AvgIpc) is 2.57. The van der Waals surface area contributed by atoms with Gasteiger partial charge >= 0.3 is 0 Å². The Morgan fingerprint density at radius 1 is 1.69 bits per heavy atom. The van der Waals surface area contributed by atoms with Crippen LogP contribution in [-0.4, -0.2) is 33.9 Å². The van der Waals surface area contributed by atoms with Crippen LogP contribution >= 0.6 is 11.3 Å². The molecule has 0 spiro atoms. The minimum Gasteiger partial charge on any atom is -0.393 e. The average molecular weight is 202 g/mol. The Morgan fingerprint density at radius 2 is 2.46 bits per heavy atom. The van der Waals surface area contributed by atoms with E-state index in [1.54, 1.807) is 30.0 Å². The number of rotatable bonds is 5. The smallest absolute Gasteiger partial charge is 0.0972 e. The Bertz CT molecular complexity index is 236. The molecule has 0 saturated heterocycles. The van der Waals surface area contributed by atoms with Gasteiger partial charge in [-0.3, -0.25) is 4.98 Å². The molecule has 1 unspecified atom stereocenters. The largest absolute Gasteiger partial charge is 0.393 e. The fourth-order valence-electron chi connectivity index (χ4n) is 0.840. The second-order valence-electron chi connectivity index (χ2n) is 3.23. The number of nitrogens with one attached hydrogen (secondary N) is 1. The summed E-state index contributed by atoms with van der Waals surface area (Å²) in [5, 5.41) is 21.2. The molecule has 1 rings (SSSR count). The Hall–Kier alpha value is -0.490. The summed E-state index contributed by atoms with van der Waals surface area (Å²) >= 11 is 1.56. The van der Waals surface area contributed by atoms with Crippen LogP contribution in [0.2, 0.25) is 0 Å².